The van der Waals surface area contributed by atoms with E-state index in [0.717, 1.165) is 6.54 Å². The van der Waals surface area contributed by atoms with Gasteiger partial charge in [-0.05, 0) is 24.8 Å². The molecule has 2 nitrogen and oxygen atoms in total. The lowest BCUT2D eigenvalue weighted by Crippen LogP contribution is -2.38. The second kappa shape index (κ2) is 26.2. The molecule has 2 heteroatoms. The van der Waals surface area contributed by atoms with Gasteiger partial charge in [0.2, 0.25) is 0 Å². The number of hydrogen-bond acceptors (Lipinski definition) is 2. The van der Waals surface area contributed by atoms with Crippen LogP contribution in [-0.2, 0) is 6.54 Å². The van der Waals surface area contributed by atoms with Gasteiger partial charge in [0.1, 0.15) is 6.17 Å². The number of nitrogens with zero attached hydrogens (tertiary/aromatic N) is 2. The third-order valence-corrected chi connectivity index (χ3v) is 9.26. The second-order valence-electron chi connectivity index (χ2n) is 13.1. The molecule has 0 aliphatic carbocycles. The van der Waals surface area contributed by atoms with Crippen LogP contribution in [0.3, 0.4) is 0 Å². The summed E-state index contributed by atoms with van der Waals surface area (Å²) in [6.07, 6.45) is 42.4. The van der Waals surface area contributed by atoms with Gasteiger partial charge < -0.3 is 9.80 Å². The molecule has 2 rings (SSSR count). The van der Waals surface area contributed by atoms with E-state index >= 15 is 0 Å². The summed E-state index contributed by atoms with van der Waals surface area (Å²) in [5.74, 6) is 0. The van der Waals surface area contributed by atoms with Gasteiger partial charge in [0.15, 0.2) is 0 Å². The zero-order valence-electron chi connectivity index (χ0n) is 27.8. The predicted molar refractivity (Wildman–Crippen MR) is 183 cm³/mol. The molecule has 1 aromatic rings. The maximum absolute atomic E-state index is 2.66. The molecule has 236 valence electrons. The maximum atomic E-state index is 2.66. The van der Waals surface area contributed by atoms with Crippen LogP contribution in [0.4, 0.5) is 0 Å². The largest absolute Gasteiger partial charge is 0.356 e. The van der Waals surface area contributed by atoms with Gasteiger partial charge >= 0.3 is 0 Å². The van der Waals surface area contributed by atoms with Crippen LogP contribution in [0.25, 0.3) is 0 Å². The van der Waals surface area contributed by atoms with Crippen LogP contribution in [0.5, 0.6) is 0 Å². The lowest BCUT2D eigenvalue weighted by Gasteiger charge is -2.33. The predicted octanol–water partition coefficient (Wildman–Crippen LogP) is 12.8. The van der Waals surface area contributed by atoms with Gasteiger partial charge in [0, 0.05) is 25.5 Å². The Labute approximate surface area is 257 Å². The van der Waals surface area contributed by atoms with Crippen molar-refractivity contribution in [3.8, 4) is 0 Å². The van der Waals surface area contributed by atoms with Gasteiger partial charge in [-0.1, -0.05) is 192 Å². The van der Waals surface area contributed by atoms with Crippen molar-refractivity contribution in [2.45, 2.75) is 193 Å². The standard InChI is InChI=1S/C39H70N2/c1-3-5-7-9-11-13-15-16-17-18-19-20-22-24-29-33-39-40(34-30-25-23-21-14-12-10-8-6-4-2)35-36-41(39)37-38-31-27-26-28-32-38/h26-28,31-32,35-36,39H,3-25,29-30,33-34,37H2,1-2H3. The Morgan fingerprint density at radius 1 is 0.439 bits per heavy atom. The first-order chi connectivity index (χ1) is 20.3. The third kappa shape index (κ3) is 18.7. The first-order valence-electron chi connectivity index (χ1n) is 18.6. The Bertz CT molecular complexity index is 699. The van der Waals surface area contributed by atoms with Crippen LogP contribution in [0.1, 0.15) is 186 Å². The molecule has 0 amide bonds. The average molecular weight is 567 g/mol. The summed E-state index contributed by atoms with van der Waals surface area (Å²) in [6.45, 7) is 6.88. The maximum Gasteiger partial charge on any atom is 0.101 e. The highest BCUT2D eigenvalue weighted by Crippen LogP contribution is 2.25. The van der Waals surface area contributed by atoms with Crippen molar-refractivity contribution in [1.29, 1.82) is 0 Å². The first-order valence-corrected chi connectivity index (χ1v) is 18.6. The van der Waals surface area contributed by atoms with Crippen LogP contribution in [0.15, 0.2) is 42.7 Å². The summed E-state index contributed by atoms with van der Waals surface area (Å²) in [7, 11) is 0. The van der Waals surface area contributed by atoms with Gasteiger partial charge in [0.05, 0.1) is 0 Å². The molecule has 0 bridgehead atoms. The van der Waals surface area contributed by atoms with E-state index < -0.39 is 0 Å². The molecule has 0 fully saturated rings. The minimum absolute atomic E-state index is 0.552. The molecule has 1 atom stereocenters. The molecule has 0 saturated heterocycles. The zero-order chi connectivity index (χ0) is 29.1. The molecule has 41 heavy (non-hydrogen) atoms. The number of unbranched alkanes of at least 4 members (excludes halogenated alkanes) is 23. The summed E-state index contributed by atoms with van der Waals surface area (Å²) in [5, 5.41) is 0. The zero-order valence-corrected chi connectivity index (χ0v) is 27.8. The van der Waals surface area contributed by atoms with Gasteiger partial charge in [-0.3, -0.25) is 0 Å². The molecular formula is C39H70N2. The topological polar surface area (TPSA) is 6.48 Å². The summed E-state index contributed by atoms with van der Waals surface area (Å²) in [6, 6.07) is 11.1. The Morgan fingerprint density at radius 2 is 0.829 bits per heavy atom. The van der Waals surface area contributed by atoms with Crippen LogP contribution < -0.4 is 0 Å². The monoisotopic (exact) mass is 567 g/mol. The van der Waals surface area contributed by atoms with E-state index in [4.69, 9.17) is 0 Å². The van der Waals surface area contributed by atoms with Crippen LogP contribution >= 0.6 is 0 Å². The van der Waals surface area contributed by atoms with E-state index in [-0.39, 0.29) is 0 Å². The number of benzene rings is 1. The molecule has 1 aromatic carbocycles. The van der Waals surface area contributed by atoms with Gasteiger partial charge in [0.25, 0.3) is 0 Å². The normalized spacial score (nSPS) is 14.9. The van der Waals surface area contributed by atoms with E-state index in [1.807, 2.05) is 0 Å². The van der Waals surface area contributed by atoms with E-state index in [0.29, 0.717) is 6.17 Å². The van der Waals surface area contributed by atoms with E-state index in [9.17, 15) is 0 Å². The molecule has 1 unspecified atom stereocenters. The molecule has 0 saturated carbocycles. The lowest BCUT2D eigenvalue weighted by molar-refractivity contribution is 0.132. The summed E-state index contributed by atoms with van der Waals surface area (Å²) in [5.41, 5.74) is 1.43. The van der Waals surface area contributed by atoms with Crippen molar-refractivity contribution < 1.29 is 0 Å². The van der Waals surface area contributed by atoms with Crippen molar-refractivity contribution in [2.24, 2.45) is 0 Å². The summed E-state index contributed by atoms with van der Waals surface area (Å²) < 4.78 is 0. The van der Waals surface area contributed by atoms with Crippen molar-refractivity contribution in [2.75, 3.05) is 6.54 Å². The van der Waals surface area contributed by atoms with Crippen LogP contribution in [0, 0.1) is 0 Å². The average Bonchev–Trinajstić information content (AvgIpc) is 3.37. The smallest absolute Gasteiger partial charge is 0.101 e. The molecule has 0 N–H and O–H groups in total. The molecule has 0 spiro atoms. The highest BCUT2D eigenvalue weighted by molar-refractivity contribution is 5.16. The van der Waals surface area contributed by atoms with Crippen molar-refractivity contribution >= 4 is 0 Å². The summed E-state index contributed by atoms with van der Waals surface area (Å²) in [4.78, 5) is 5.27. The quantitative estimate of drug-likeness (QED) is 0.0890. The SMILES string of the molecule is CCCCCCCCCCCCCCCCCC1N(CCCCCCCCCCCC)C=CN1Cc1ccccc1. The minimum atomic E-state index is 0.552. The molecule has 1 heterocycles. The third-order valence-electron chi connectivity index (χ3n) is 9.26. The Hall–Kier alpha value is -1.44. The Balaban J connectivity index is 1.56. The van der Waals surface area contributed by atoms with Crippen molar-refractivity contribution in [3.63, 3.8) is 0 Å². The second-order valence-corrected chi connectivity index (χ2v) is 13.1. The van der Waals surface area contributed by atoms with Crippen LogP contribution in [-0.4, -0.2) is 22.5 Å². The highest BCUT2D eigenvalue weighted by atomic mass is 15.4. The minimum Gasteiger partial charge on any atom is -0.356 e. The lowest BCUT2D eigenvalue weighted by atomic mass is 10.0. The summed E-state index contributed by atoms with van der Waals surface area (Å²) >= 11 is 0. The molecule has 1 aliphatic heterocycles. The van der Waals surface area contributed by atoms with E-state index in [1.54, 1.807) is 0 Å². The molecular weight excluding hydrogens is 496 g/mol. The highest BCUT2D eigenvalue weighted by Gasteiger charge is 2.25. The fourth-order valence-corrected chi connectivity index (χ4v) is 6.55. The molecule has 0 radical (unpaired) electrons. The van der Waals surface area contributed by atoms with Gasteiger partial charge in [-0.2, -0.15) is 0 Å². The van der Waals surface area contributed by atoms with Crippen molar-refractivity contribution in [1.82, 2.24) is 9.80 Å². The van der Waals surface area contributed by atoms with Gasteiger partial charge in [-0.15, -0.1) is 0 Å². The Kier molecular flexibility index (Phi) is 22.9. The van der Waals surface area contributed by atoms with Gasteiger partial charge in [-0.25, -0.2) is 0 Å². The van der Waals surface area contributed by atoms with Crippen LogP contribution in [0.2, 0.25) is 0 Å². The fourth-order valence-electron chi connectivity index (χ4n) is 6.55. The van der Waals surface area contributed by atoms with E-state index in [1.165, 1.54) is 179 Å². The number of rotatable bonds is 29. The van der Waals surface area contributed by atoms with E-state index in [2.05, 4.69) is 66.4 Å². The number of hydrogen-bond donors (Lipinski definition) is 0. The van der Waals surface area contributed by atoms with Crippen molar-refractivity contribution in [3.05, 3.63) is 48.3 Å². The first kappa shape index (κ1) is 35.8. The molecule has 0 aromatic heterocycles. The Morgan fingerprint density at radius 3 is 1.29 bits per heavy atom. The fraction of sp³-hybridized carbons (Fsp3) is 0.795. The molecule has 1 aliphatic rings.